The van der Waals surface area contributed by atoms with Gasteiger partial charge in [0, 0.05) is 37.7 Å². The van der Waals surface area contributed by atoms with Gasteiger partial charge in [0.2, 0.25) is 5.91 Å². The highest BCUT2D eigenvalue weighted by Crippen LogP contribution is 2.43. The van der Waals surface area contributed by atoms with Crippen molar-refractivity contribution in [3.63, 3.8) is 0 Å². The normalized spacial score (nSPS) is 14.0. The molecule has 186 valence electrons. The predicted molar refractivity (Wildman–Crippen MR) is 128 cm³/mol. The van der Waals surface area contributed by atoms with Crippen molar-refractivity contribution >= 4 is 35.3 Å². The zero-order valence-corrected chi connectivity index (χ0v) is 21.0. The Labute approximate surface area is 211 Å². The molecule has 4 rings (SSSR count). The van der Waals surface area contributed by atoms with Crippen molar-refractivity contribution in [2.45, 2.75) is 45.4 Å². The van der Waals surface area contributed by atoms with Gasteiger partial charge in [0.25, 0.3) is 17.0 Å². The maximum Gasteiger partial charge on any atom is 0.308 e. The van der Waals surface area contributed by atoms with E-state index in [0.717, 1.165) is 6.42 Å². The quantitative estimate of drug-likeness (QED) is 0.214. The number of hydrogen-bond donors (Lipinski definition) is 0. The molecule has 1 aliphatic rings. The maximum atomic E-state index is 13.3. The van der Waals surface area contributed by atoms with Crippen LogP contribution in [0, 0.1) is 0 Å². The van der Waals surface area contributed by atoms with Crippen molar-refractivity contribution in [3.8, 4) is 28.6 Å². The molecule has 2 heterocycles. The van der Waals surface area contributed by atoms with Crippen LogP contribution in [0.1, 0.15) is 45.8 Å². The van der Waals surface area contributed by atoms with Gasteiger partial charge in [-0.25, -0.2) is 9.88 Å². The monoisotopic (exact) mass is 508 g/mol. The first-order valence-electron chi connectivity index (χ1n) is 11.2. The Morgan fingerprint density at radius 1 is 1.08 bits per heavy atom. The Morgan fingerprint density at radius 2 is 1.81 bits per heavy atom. The summed E-state index contributed by atoms with van der Waals surface area (Å²) in [6, 6.07) is 11.5. The van der Waals surface area contributed by atoms with Crippen LogP contribution >= 0.6 is 11.8 Å². The summed E-state index contributed by atoms with van der Waals surface area (Å²) in [5.41, 5.74) is 1.56. The van der Waals surface area contributed by atoms with E-state index in [4.69, 9.17) is 9.47 Å². The fourth-order valence-corrected chi connectivity index (χ4v) is 4.69. The lowest BCUT2D eigenvalue weighted by molar-refractivity contribution is -0.764. The number of hydrogen-bond acceptors (Lipinski definition) is 9. The highest BCUT2D eigenvalue weighted by atomic mass is 32.2. The van der Waals surface area contributed by atoms with Crippen LogP contribution in [0.5, 0.6) is 17.4 Å². The van der Waals surface area contributed by atoms with Gasteiger partial charge in [0.1, 0.15) is 11.5 Å². The summed E-state index contributed by atoms with van der Waals surface area (Å²) in [4.78, 5) is 42.2. The minimum absolute atomic E-state index is 0.0594. The van der Waals surface area contributed by atoms with E-state index < -0.39 is 24.0 Å². The molecule has 0 radical (unpaired) electrons. The molecule has 0 N–H and O–H groups in total. The molecule has 0 bridgehead atoms. The number of fused-ring (bicyclic) bond motifs is 3. The molecule has 3 aromatic rings. The first-order valence-corrected chi connectivity index (χ1v) is 12.2. The molecule has 0 spiro atoms. The molecular formula is C25H24N4O6S. The predicted octanol–water partition coefficient (Wildman–Crippen LogP) is 2.77. The first-order chi connectivity index (χ1) is 17.2. The van der Waals surface area contributed by atoms with Crippen LogP contribution in [0.2, 0.25) is 0 Å². The molecule has 1 amide bonds. The number of rotatable bonds is 6. The summed E-state index contributed by atoms with van der Waals surface area (Å²) in [5.74, 6) is -1.06. The van der Waals surface area contributed by atoms with E-state index in [0.29, 0.717) is 22.6 Å². The number of para-hydroxylation sites is 1. The Bertz CT molecular complexity index is 1360. The minimum Gasteiger partial charge on any atom is -0.854 e. The lowest BCUT2D eigenvalue weighted by atomic mass is 10.0. The van der Waals surface area contributed by atoms with Gasteiger partial charge >= 0.3 is 11.9 Å². The lowest BCUT2D eigenvalue weighted by Gasteiger charge is -2.33. The topological polar surface area (TPSA) is 126 Å². The Kier molecular flexibility index (Phi) is 7.20. The molecule has 0 saturated carbocycles. The summed E-state index contributed by atoms with van der Waals surface area (Å²) >= 11 is 1.33. The highest BCUT2D eigenvalue weighted by molar-refractivity contribution is 7.99. The van der Waals surface area contributed by atoms with Gasteiger partial charge in [0.05, 0.1) is 22.7 Å². The average Bonchev–Trinajstić information content (AvgIpc) is 2.81. The number of thioether (sulfide) groups is 1. The van der Waals surface area contributed by atoms with E-state index in [1.807, 2.05) is 6.92 Å². The third-order valence-corrected chi connectivity index (χ3v) is 6.31. The number of carbonyl (C=O) groups excluding carboxylic acids is 3. The van der Waals surface area contributed by atoms with Gasteiger partial charge < -0.3 is 14.6 Å². The molecule has 10 nitrogen and oxygen atoms in total. The van der Waals surface area contributed by atoms with Crippen LogP contribution in [-0.4, -0.2) is 33.7 Å². The second-order valence-electron chi connectivity index (χ2n) is 8.01. The lowest BCUT2D eigenvalue weighted by Crippen LogP contribution is -2.58. The molecule has 1 atom stereocenters. The number of aromatic nitrogens is 3. The van der Waals surface area contributed by atoms with E-state index in [-0.39, 0.29) is 28.3 Å². The second-order valence-corrected chi connectivity index (χ2v) is 9.07. The maximum absolute atomic E-state index is 13.3. The third kappa shape index (κ3) is 4.87. The summed E-state index contributed by atoms with van der Waals surface area (Å²) < 4.78 is 12.1. The average molecular weight is 509 g/mol. The van der Waals surface area contributed by atoms with Crippen LogP contribution < -0.4 is 24.2 Å². The number of carbonyl (C=O) groups is 3. The molecule has 2 aromatic carbocycles. The number of amides is 1. The Hall–Kier alpha value is -3.99. The van der Waals surface area contributed by atoms with E-state index in [2.05, 4.69) is 10.1 Å². The largest absolute Gasteiger partial charge is 0.854 e. The standard InChI is InChI=1S/C25H24N4O6S/c1-5-12-36-25-26-23(33)22-18-8-6-7-9-20(18)28(14(2)30)24(29(22)27-25)19-11-10-17(34-15(3)31)13-21(19)35-16(4)32/h6-11,13,24H,5,12H2,1-4H3. The molecule has 0 fully saturated rings. The summed E-state index contributed by atoms with van der Waals surface area (Å²) in [7, 11) is 0. The third-order valence-electron chi connectivity index (χ3n) is 5.27. The van der Waals surface area contributed by atoms with Gasteiger partial charge in [0.15, 0.2) is 0 Å². The molecular weight excluding hydrogens is 484 g/mol. The van der Waals surface area contributed by atoms with Crippen LogP contribution in [-0.2, 0) is 14.4 Å². The number of ether oxygens (including phenoxy) is 2. The van der Waals surface area contributed by atoms with Crippen LogP contribution in [0.25, 0.3) is 11.3 Å². The minimum atomic E-state index is -0.982. The molecule has 1 aromatic heterocycles. The zero-order valence-electron chi connectivity index (χ0n) is 20.2. The van der Waals surface area contributed by atoms with Crippen molar-refractivity contribution in [2.24, 2.45) is 0 Å². The van der Waals surface area contributed by atoms with Crippen molar-refractivity contribution in [1.29, 1.82) is 0 Å². The summed E-state index contributed by atoms with van der Waals surface area (Å²) in [6.45, 7) is 5.90. The summed E-state index contributed by atoms with van der Waals surface area (Å²) in [6.07, 6.45) is -0.130. The van der Waals surface area contributed by atoms with Gasteiger partial charge in [-0.1, -0.05) is 35.5 Å². The molecule has 36 heavy (non-hydrogen) atoms. The van der Waals surface area contributed by atoms with Crippen molar-refractivity contribution in [3.05, 3.63) is 48.0 Å². The first kappa shape index (κ1) is 25.1. The van der Waals surface area contributed by atoms with Gasteiger partial charge in [-0.05, 0) is 30.7 Å². The molecule has 11 heteroatoms. The smallest absolute Gasteiger partial charge is 0.308 e. The van der Waals surface area contributed by atoms with Gasteiger partial charge in [-0.3, -0.25) is 14.4 Å². The number of nitrogens with zero attached hydrogens (tertiary/aromatic N) is 4. The van der Waals surface area contributed by atoms with Crippen molar-refractivity contribution < 1.29 is 33.6 Å². The fraction of sp³-hybridized carbons (Fsp3) is 0.280. The SMILES string of the molecule is CCCSc1nc([O-])c2[n+](n1)C(c1ccc(OC(C)=O)cc1OC(C)=O)N(C(C)=O)c1ccccc1-2. The van der Waals surface area contributed by atoms with E-state index in [1.165, 1.54) is 54.2 Å². The van der Waals surface area contributed by atoms with E-state index in [1.54, 1.807) is 30.3 Å². The van der Waals surface area contributed by atoms with E-state index >= 15 is 0 Å². The second kappa shape index (κ2) is 10.3. The summed E-state index contributed by atoms with van der Waals surface area (Å²) in [5, 5.41) is 18.2. The number of anilines is 1. The van der Waals surface area contributed by atoms with Crippen LogP contribution in [0.4, 0.5) is 5.69 Å². The molecule has 1 unspecified atom stereocenters. The van der Waals surface area contributed by atoms with Crippen LogP contribution in [0.15, 0.2) is 47.6 Å². The Morgan fingerprint density at radius 3 is 2.47 bits per heavy atom. The van der Waals surface area contributed by atoms with Crippen molar-refractivity contribution in [2.75, 3.05) is 10.7 Å². The van der Waals surface area contributed by atoms with Gasteiger partial charge in [-0.15, -0.1) is 0 Å². The van der Waals surface area contributed by atoms with Gasteiger partial charge in [-0.2, -0.15) is 0 Å². The number of esters is 2. The van der Waals surface area contributed by atoms with Crippen molar-refractivity contribution in [1.82, 2.24) is 10.1 Å². The molecule has 0 saturated heterocycles. The highest BCUT2D eigenvalue weighted by Gasteiger charge is 2.45. The van der Waals surface area contributed by atoms with Crippen LogP contribution in [0.3, 0.4) is 0 Å². The molecule has 0 aliphatic carbocycles. The number of benzene rings is 2. The fourth-order valence-electron chi connectivity index (χ4n) is 4.01. The van der Waals surface area contributed by atoms with E-state index in [9.17, 15) is 19.5 Å². The Balaban J connectivity index is 2.02. The molecule has 1 aliphatic heterocycles. The zero-order chi connectivity index (χ0) is 26.0.